The minimum absolute atomic E-state index is 0.293. The first-order valence-corrected chi connectivity index (χ1v) is 11.1. The Morgan fingerprint density at radius 2 is 1.25 bits per heavy atom. The maximum atomic E-state index is 12.8. The molecule has 4 N–H and O–H groups in total. The number of carboxylic acids is 2. The first kappa shape index (κ1) is 25.3. The van der Waals surface area contributed by atoms with E-state index in [-0.39, 0.29) is 0 Å². The summed E-state index contributed by atoms with van der Waals surface area (Å²) < 4.78 is 25.6. The van der Waals surface area contributed by atoms with E-state index in [0.29, 0.717) is 15.8 Å². The van der Waals surface area contributed by atoms with Crippen LogP contribution in [-0.2, 0) is 19.4 Å². The number of carbonyl (C=O) groups is 2. The fraction of sp³-hybridized carbons (Fsp3) is 0.333. The van der Waals surface area contributed by atoms with Crippen LogP contribution in [0, 0.1) is 0 Å². The third-order valence-electron chi connectivity index (χ3n) is 5.02. The molecule has 0 aromatic heterocycles. The molecule has 1 heterocycles. The summed E-state index contributed by atoms with van der Waals surface area (Å²) in [7, 11) is 0.616. The topological polar surface area (TPSA) is 156 Å². The first-order chi connectivity index (χ1) is 14.9. The molecule has 0 saturated heterocycles. The largest absolute Gasteiger partial charge is 0.479 e. The number of aliphatic hydroxyl groups excluding tert-OH is 2. The van der Waals surface area contributed by atoms with Gasteiger partial charge in [0.1, 0.15) is 0 Å². The van der Waals surface area contributed by atoms with Gasteiger partial charge in [0.25, 0.3) is 0 Å². The molecular formula is C21H26N2O8S. The zero-order valence-electron chi connectivity index (χ0n) is 17.8. The van der Waals surface area contributed by atoms with Crippen molar-refractivity contribution in [2.24, 2.45) is 0 Å². The van der Waals surface area contributed by atoms with Crippen molar-refractivity contribution in [1.82, 2.24) is 4.90 Å². The second-order valence-electron chi connectivity index (χ2n) is 7.43. The standard InChI is InChI=1S/C17H20N2O2S.C4H6O6/c1-13(18(2)3)12-19-14-8-4-6-10-16(14)22(20,21)17-11-7-5-9-15(17)19;5-1(3(7)8)2(6)4(9)10/h4-11,13H,12H2,1-3H3;1-2,5-6H,(H,7,8)(H,9,10). The fourth-order valence-electron chi connectivity index (χ4n) is 2.96. The second kappa shape index (κ2) is 10.1. The van der Waals surface area contributed by atoms with Crippen molar-refractivity contribution in [3.8, 4) is 0 Å². The van der Waals surface area contributed by atoms with Crippen molar-refractivity contribution < 1.29 is 38.4 Å². The number of aliphatic hydroxyl groups is 2. The number of fused-ring (bicyclic) bond motifs is 2. The number of nitrogens with zero attached hydrogens (tertiary/aromatic N) is 2. The second-order valence-corrected chi connectivity index (χ2v) is 9.31. The Balaban J connectivity index is 0.000000309. The van der Waals surface area contributed by atoms with E-state index in [4.69, 9.17) is 20.4 Å². The molecule has 1 aliphatic rings. The summed E-state index contributed by atoms with van der Waals surface area (Å²) in [5.41, 5.74) is 1.52. The summed E-state index contributed by atoms with van der Waals surface area (Å²) in [6.45, 7) is 2.87. The van der Waals surface area contributed by atoms with Gasteiger partial charge in [-0.2, -0.15) is 0 Å². The van der Waals surface area contributed by atoms with Crippen molar-refractivity contribution in [3.05, 3.63) is 48.5 Å². The van der Waals surface area contributed by atoms with Gasteiger partial charge in [0.05, 0.1) is 21.2 Å². The van der Waals surface area contributed by atoms with Gasteiger partial charge in [0, 0.05) is 12.6 Å². The lowest BCUT2D eigenvalue weighted by molar-refractivity contribution is -0.165. The molecule has 0 saturated carbocycles. The molecule has 174 valence electrons. The zero-order valence-corrected chi connectivity index (χ0v) is 18.6. The molecule has 0 bridgehead atoms. The summed E-state index contributed by atoms with van der Waals surface area (Å²) in [6, 6.07) is 14.8. The predicted molar refractivity (Wildman–Crippen MR) is 116 cm³/mol. The third-order valence-corrected chi connectivity index (χ3v) is 6.87. The van der Waals surface area contributed by atoms with Gasteiger partial charge in [-0.1, -0.05) is 24.3 Å². The van der Waals surface area contributed by atoms with E-state index in [1.807, 2.05) is 38.4 Å². The van der Waals surface area contributed by atoms with Gasteiger partial charge in [0.15, 0.2) is 12.2 Å². The lowest BCUT2D eigenvalue weighted by atomic mass is 10.2. The number of aliphatic carboxylic acids is 2. The monoisotopic (exact) mass is 466 g/mol. The van der Waals surface area contributed by atoms with E-state index < -0.39 is 34.0 Å². The van der Waals surface area contributed by atoms with Crippen molar-refractivity contribution in [3.63, 3.8) is 0 Å². The highest BCUT2D eigenvalue weighted by molar-refractivity contribution is 7.92. The summed E-state index contributed by atoms with van der Waals surface area (Å²) in [6.07, 6.45) is -4.53. The Labute approximate surface area is 185 Å². The van der Waals surface area contributed by atoms with Crippen LogP contribution in [0.2, 0.25) is 0 Å². The van der Waals surface area contributed by atoms with Crippen LogP contribution in [0.5, 0.6) is 0 Å². The normalized spacial score (nSPS) is 16.6. The van der Waals surface area contributed by atoms with E-state index in [1.54, 1.807) is 24.3 Å². The predicted octanol–water partition coefficient (Wildman–Crippen LogP) is 0.798. The van der Waals surface area contributed by atoms with Gasteiger partial charge in [-0.3, -0.25) is 0 Å². The molecule has 2 aromatic rings. The van der Waals surface area contributed by atoms with Crippen LogP contribution in [0.15, 0.2) is 58.3 Å². The smallest absolute Gasteiger partial charge is 0.335 e. The molecule has 32 heavy (non-hydrogen) atoms. The Morgan fingerprint density at radius 3 is 1.59 bits per heavy atom. The first-order valence-electron chi connectivity index (χ1n) is 9.58. The summed E-state index contributed by atoms with van der Waals surface area (Å²) >= 11 is 0. The number of carboxylic acid groups (broad SMARTS) is 2. The van der Waals surface area contributed by atoms with Crippen LogP contribution in [-0.4, -0.2) is 84.6 Å². The van der Waals surface area contributed by atoms with Gasteiger partial charge >= 0.3 is 11.9 Å². The number of likely N-dealkylation sites (N-methyl/N-ethyl adjacent to an activating group) is 1. The molecular weight excluding hydrogens is 440 g/mol. The molecule has 3 unspecified atom stereocenters. The van der Waals surface area contributed by atoms with Gasteiger partial charge in [-0.25, -0.2) is 18.0 Å². The lowest BCUT2D eigenvalue weighted by Crippen LogP contribution is -2.39. The molecule has 0 spiro atoms. The van der Waals surface area contributed by atoms with Gasteiger partial charge in [0.2, 0.25) is 9.84 Å². The molecule has 1 aliphatic heterocycles. The van der Waals surface area contributed by atoms with E-state index in [1.165, 1.54) is 0 Å². The number of rotatable bonds is 6. The average Bonchev–Trinajstić information content (AvgIpc) is 2.75. The number of benzene rings is 2. The van der Waals surface area contributed by atoms with Crippen molar-refractivity contribution in [1.29, 1.82) is 0 Å². The highest BCUT2D eigenvalue weighted by atomic mass is 32.2. The van der Waals surface area contributed by atoms with E-state index in [2.05, 4.69) is 16.7 Å². The summed E-state index contributed by atoms with van der Waals surface area (Å²) in [5, 5.41) is 32.5. The molecule has 3 rings (SSSR count). The van der Waals surface area contributed by atoms with Crippen molar-refractivity contribution in [2.45, 2.75) is 35.0 Å². The number of sulfone groups is 1. The average molecular weight is 467 g/mol. The highest BCUT2D eigenvalue weighted by Crippen LogP contribution is 2.43. The molecule has 11 heteroatoms. The molecule has 10 nitrogen and oxygen atoms in total. The minimum atomic E-state index is -3.45. The van der Waals surface area contributed by atoms with Crippen LogP contribution in [0.3, 0.4) is 0 Å². The summed E-state index contributed by atoms with van der Waals surface area (Å²) in [5.74, 6) is -3.54. The maximum Gasteiger partial charge on any atom is 0.335 e. The van der Waals surface area contributed by atoms with Crippen LogP contribution < -0.4 is 4.90 Å². The molecule has 3 atom stereocenters. The number of para-hydroxylation sites is 2. The molecule has 2 aromatic carbocycles. The third kappa shape index (κ3) is 5.25. The van der Waals surface area contributed by atoms with Crippen LogP contribution >= 0.6 is 0 Å². The Morgan fingerprint density at radius 1 is 0.875 bits per heavy atom. The molecule has 0 radical (unpaired) electrons. The maximum absolute atomic E-state index is 12.8. The van der Waals surface area contributed by atoms with Gasteiger partial charge in [-0.05, 0) is 45.3 Å². The van der Waals surface area contributed by atoms with Crippen LogP contribution in [0.4, 0.5) is 11.4 Å². The fourth-order valence-corrected chi connectivity index (χ4v) is 4.62. The Bertz CT molecular complexity index is 1020. The highest BCUT2D eigenvalue weighted by Gasteiger charge is 2.34. The summed E-state index contributed by atoms with van der Waals surface area (Å²) in [4.78, 5) is 24.6. The van der Waals surface area contributed by atoms with Crippen LogP contribution in [0.1, 0.15) is 6.92 Å². The van der Waals surface area contributed by atoms with Crippen LogP contribution in [0.25, 0.3) is 0 Å². The zero-order chi connectivity index (χ0) is 24.2. The van der Waals surface area contributed by atoms with Crippen molar-refractivity contribution in [2.75, 3.05) is 25.5 Å². The molecule has 0 aliphatic carbocycles. The Hall–Kier alpha value is -2.99. The van der Waals surface area contributed by atoms with E-state index in [0.717, 1.165) is 17.9 Å². The SMILES string of the molecule is CC(CN1c2ccccc2S(=O)(=O)c2ccccc21)N(C)C.O=C(O)C(O)C(O)C(=O)O. The minimum Gasteiger partial charge on any atom is -0.479 e. The molecule has 0 fully saturated rings. The van der Waals surface area contributed by atoms with E-state index >= 15 is 0 Å². The quantitative estimate of drug-likeness (QED) is 0.480. The van der Waals surface area contributed by atoms with E-state index in [9.17, 15) is 18.0 Å². The number of hydrogen-bond donors (Lipinski definition) is 4. The van der Waals surface area contributed by atoms with Crippen molar-refractivity contribution >= 4 is 33.2 Å². The van der Waals surface area contributed by atoms with Gasteiger partial charge in [-0.15, -0.1) is 0 Å². The number of anilines is 2. The Kier molecular flexibility index (Phi) is 7.97. The lowest BCUT2D eigenvalue weighted by Gasteiger charge is -2.36. The van der Waals surface area contributed by atoms with Gasteiger partial charge < -0.3 is 30.2 Å². The number of hydrogen-bond acceptors (Lipinski definition) is 8. The molecule has 0 amide bonds.